The average molecular weight is 540 g/mol. The topological polar surface area (TPSA) is 69.6 Å². The summed E-state index contributed by atoms with van der Waals surface area (Å²) < 4.78 is 0. The molecule has 41 heavy (non-hydrogen) atoms. The van der Waals surface area contributed by atoms with Crippen molar-refractivity contribution >= 4 is 22.4 Å². The molecule has 0 aliphatic carbocycles. The lowest BCUT2D eigenvalue weighted by molar-refractivity contribution is 0.0693. The number of unbranched alkanes of at least 4 members (excludes halogenated alkanes) is 1. The Morgan fingerprint density at radius 3 is 2.15 bits per heavy atom. The van der Waals surface area contributed by atoms with Crippen LogP contribution in [-0.4, -0.2) is 16.2 Å². The average Bonchev–Trinajstić information content (AvgIpc) is 3.00. The molecule has 0 radical (unpaired) electrons. The molecule has 0 saturated carbocycles. The Hall–Kier alpha value is -5.01. The molecule has 0 spiro atoms. The number of aromatic hydroxyl groups is 1. The van der Waals surface area contributed by atoms with Crippen molar-refractivity contribution < 1.29 is 15.0 Å². The fourth-order valence-electron chi connectivity index (χ4n) is 5.03. The largest absolute Gasteiger partial charge is 0.507 e. The number of rotatable bonds is 9. The molecular weight excluding hydrogens is 506 g/mol. The molecule has 0 fully saturated rings. The third-order valence-corrected chi connectivity index (χ3v) is 7.28. The molecule has 0 saturated heterocycles. The van der Waals surface area contributed by atoms with E-state index in [4.69, 9.17) is 0 Å². The van der Waals surface area contributed by atoms with Crippen LogP contribution in [-0.2, 0) is 12.8 Å². The number of anilines is 1. The van der Waals surface area contributed by atoms with Gasteiger partial charge in [0, 0.05) is 16.8 Å². The summed E-state index contributed by atoms with van der Waals surface area (Å²) in [6, 6.07) is 35.7. The molecule has 1 atom stereocenters. The van der Waals surface area contributed by atoms with Gasteiger partial charge in [-0.1, -0.05) is 91.9 Å². The van der Waals surface area contributed by atoms with E-state index in [-0.39, 0.29) is 17.4 Å². The van der Waals surface area contributed by atoms with Gasteiger partial charge in [0.05, 0.1) is 6.04 Å². The second-order valence-corrected chi connectivity index (χ2v) is 10.3. The zero-order chi connectivity index (χ0) is 28.6. The quantitative estimate of drug-likeness (QED) is 0.130. The highest BCUT2D eigenvalue weighted by molar-refractivity contribution is 5.92. The molecule has 4 heteroatoms. The number of aromatic carboxylic acids is 1. The van der Waals surface area contributed by atoms with Crippen molar-refractivity contribution in [3.63, 3.8) is 0 Å². The summed E-state index contributed by atoms with van der Waals surface area (Å²) >= 11 is 0. The lowest BCUT2D eigenvalue weighted by Gasteiger charge is -2.23. The van der Waals surface area contributed by atoms with Crippen molar-refractivity contribution in [2.24, 2.45) is 0 Å². The third-order valence-electron chi connectivity index (χ3n) is 7.28. The van der Waals surface area contributed by atoms with Gasteiger partial charge in [-0.05, 0) is 89.2 Å². The Balaban J connectivity index is 1.39. The fraction of sp³-hybridized carbons (Fsp3) is 0.162. The van der Waals surface area contributed by atoms with Gasteiger partial charge in [-0.25, -0.2) is 4.79 Å². The predicted molar refractivity (Wildman–Crippen MR) is 167 cm³/mol. The molecule has 1 unspecified atom stereocenters. The first-order chi connectivity index (χ1) is 20.0. The number of carbonyl (C=O) groups is 1. The maximum atomic E-state index is 11.6. The molecule has 5 rings (SSSR count). The minimum atomic E-state index is -1.17. The maximum absolute atomic E-state index is 11.6. The number of hydrogen-bond acceptors (Lipinski definition) is 3. The number of nitrogens with one attached hydrogen (secondary N) is 1. The first kappa shape index (κ1) is 27.6. The van der Waals surface area contributed by atoms with E-state index >= 15 is 0 Å². The fourth-order valence-corrected chi connectivity index (χ4v) is 5.03. The molecule has 3 N–H and O–H groups in total. The van der Waals surface area contributed by atoms with Gasteiger partial charge in [0.1, 0.15) is 11.3 Å². The summed E-state index contributed by atoms with van der Waals surface area (Å²) in [4.78, 5) is 11.6. The number of carboxylic acid groups (broad SMARTS) is 1. The molecular formula is C37H33NO3. The van der Waals surface area contributed by atoms with Crippen molar-refractivity contribution in [1.29, 1.82) is 0 Å². The zero-order valence-corrected chi connectivity index (χ0v) is 23.1. The molecule has 0 heterocycles. The van der Waals surface area contributed by atoms with Gasteiger partial charge < -0.3 is 15.5 Å². The summed E-state index contributed by atoms with van der Waals surface area (Å²) in [6.07, 6.45) is 4.17. The van der Waals surface area contributed by atoms with Gasteiger partial charge in [0.15, 0.2) is 0 Å². The standard InChI is InChI=1S/C37H33NO3/c1-2-3-7-26-12-14-27(15-13-26)16-17-28-18-20-29(21-19-28)24-35(33-11-6-9-30-8-4-5-10-32(30)33)38-31-22-23-36(39)34(25-31)37(40)41/h4-6,8-15,18-23,25,35,38-39H,2-3,7,24H2,1H3,(H,40,41). The summed E-state index contributed by atoms with van der Waals surface area (Å²) in [7, 11) is 0. The van der Waals surface area contributed by atoms with Gasteiger partial charge in [-0.15, -0.1) is 0 Å². The van der Waals surface area contributed by atoms with E-state index in [1.54, 1.807) is 6.07 Å². The van der Waals surface area contributed by atoms with Gasteiger partial charge in [-0.3, -0.25) is 0 Å². The van der Waals surface area contributed by atoms with Crippen LogP contribution in [0, 0.1) is 11.8 Å². The molecule has 0 bridgehead atoms. The Labute approximate surface area is 241 Å². The molecule has 0 aliphatic rings. The Bertz CT molecular complexity index is 1700. The summed E-state index contributed by atoms with van der Waals surface area (Å²) in [5.41, 5.74) is 6.03. The van der Waals surface area contributed by atoms with Crippen LogP contribution in [0.2, 0.25) is 0 Å². The lowest BCUT2D eigenvalue weighted by Crippen LogP contribution is -2.15. The van der Waals surface area contributed by atoms with Crippen LogP contribution in [0.4, 0.5) is 5.69 Å². The first-order valence-corrected chi connectivity index (χ1v) is 14.0. The highest BCUT2D eigenvalue weighted by atomic mass is 16.4. The van der Waals surface area contributed by atoms with Crippen LogP contribution in [0.1, 0.15) is 64.0 Å². The molecule has 0 aromatic heterocycles. The number of hydrogen-bond donors (Lipinski definition) is 3. The highest BCUT2D eigenvalue weighted by Crippen LogP contribution is 2.31. The van der Waals surface area contributed by atoms with E-state index in [9.17, 15) is 15.0 Å². The van der Waals surface area contributed by atoms with E-state index in [1.165, 1.54) is 30.5 Å². The van der Waals surface area contributed by atoms with Crippen LogP contribution < -0.4 is 5.32 Å². The number of benzene rings is 5. The minimum absolute atomic E-state index is 0.134. The number of phenols is 1. The summed E-state index contributed by atoms with van der Waals surface area (Å²) in [6.45, 7) is 2.21. The molecule has 5 aromatic rings. The number of fused-ring (bicyclic) bond motifs is 1. The zero-order valence-electron chi connectivity index (χ0n) is 23.1. The summed E-state index contributed by atoms with van der Waals surface area (Å²) in [5, 5.41) is 25.3. The SMILES string of the molecule is CCCCc1ccc(C#Cc2ccc(CC(Nc3ccc(O)c(C(=O)O)c3)c3cccc4ccccc34)cc2)cc1. The first-order valence-electron chi connectivity index (χ1n) is 14.0. The van der Waals surface area contributed by atoms with E-state index in [0.29, 0.717) is 12.1 Å². The van der Waals surface area contributed by atoms with E-state index in [2.05, 4.69) is 84.7 Å². The Morgan fingerprint density at radius 1 is 0.805 bits per heavy atom. The second kappa shape index (κ2) is 12.9. The van der Waals surface area contributed by atoms with Crippen LogP contribution in [0.25, 0.3) is 10.8 Å². The van der Waals surface area contributed by atoms with Gasteiger partial charge in [-0.2, -0.15) is 0 Å². The molecule has 0 aliphatic heterocycles. The van der Waals surface area contributed by atoms with Crippen molar-refractivity contribution in [2.75, 3.05) is 5.32 Å². The van der Waals surface area contributed by atoms with Crippen LogP contribution in [0.15, 0.2) is 109 Å². The lowest BCUT2D eigenvalue weighted by atomic mass is 9.93. The van der Waals surface area contributed by atoms with Crippen molar-refractivity contribution in [1.82, 2.24) is 0 Å². The monoisotopic (exact) mass is 539 g/mol. The third kappa shape index (κ3) is 6.96. The van der Waals surface area contributed by atoms with Crippen molar-refractivity contribution in [2.45, 2.75) is 38.6 Å². The highest BCUT2D eigenvalue weighted by Gasteiger charge is 2.17. The number of carboxylic acids is 1. The molecule has 204 valence electrons. The van der Waals surface area contributed by atoms with E-state index < -0.39 is 5.97 Å². The molecule has 4 nitrogen and oxygen atoms in total. The van der Waals surface area contributed by atoms with E-state index in [0.717, 1.165) is 39.4 Å². The van der Waals surface area contributed by atoms with E-state index in [1.807, 2.05) is 30.3 Å². The van der Waals surface area contributed by atoms with Crippen LogP contribution in [0.3, 0.4) is 0 Å². The predicted octanol–water partition coefficient (Wildman–Crippen LogP) is 8.38. The Morgan fingerprint density at radius 2 is 1.46 bits per heavy atom. The normalized spacial score (nSPS) is 11.4. The second-order valence-electron chi connectivity index (χ2n) is 10.3. The van der Waals surface area contributed by atoms with Crippen molar-refractivity contribution in [3.8, 4) is 17.6 Å². The van der Waals surface area contributed by atoms with Crippen molar-refractivity contribution in [3.05, 3.63) is 143 Å². The van der Waals surface area contributed by atoms with Crippen LogP contribution >= 0.6 is 0 Å². The summed E-state index contributed by atoms with van der Waals surface area (Å²) in [5.74, 6) is 5.12. The molecule has 5 aromatic carbocycles. The van der Waals surface area contributed by atoms with Gasteiger partial charge >= 0.3 is 5.97 Å². The Kier molecular flexibility index (Phi) is 8.67. The molecule has 0 amide bonds. The van der Waals surface area contributed by atoms with Gasteiger partial charge in [0.25, 0.3) is 0 Å². The van der Waals surface area contributed by atoms with Gasteiger partial charge in [0.2, 0.25) is 0 Å². The number of aryl methyl sites for hydroxylation is 1. The smallest absolute Gasteiger partial charge is 0.339 e. The minimum Gasteiger partial charge on any atom is -0.507 e. The maximum Gasteiger partial charge on any atom is 0.339 e. The van der Waals surface area contributed by atoms with Crippen LogP contribution in [0.5, 0.6) is 5.75 Å².